The van der Waals surface area contributed by atoms with E-state index in [2.05, 4.69) is 0 Å². The molecule has 0 fully saturated rings. The van der Waals surface area contributed by atoms with Gasteiger partial charge in [0.25, 0.3) is 11.5 Å². The Kier molecular flexibility index (Phi) is 7.35. The lowest BCUT2D eigenvalue weighted by Gasteiger charge is -2.25. The van der Waals surface area contributed by atoms with Crippen molar-refractivity contribution in [1.29, 1.82) is 0 Å². The van der Waals surface area contributed by atoms with E-state index in [0.717, 1.165) is 28.2 Å². The van der Waals surface area contributed by atoms with Crippen molar-refractivity contribution >= 4 is 34.5 Å². The molecule has 43 heavy (non-hydrogen) atoms. The van der Waals surface area contributed by atoms with Crippen LogP contribution in [-0.4, -0.2) is 29.7 Å². The second-order valence-corrected chi connectivity index (χ2v) is 11.9. The van der Waals surface area contributed by atoms with Gasteiger partial charge >= 0.3 is 5.97 Å². The zero-order valence-corrected chi connectivity index (χ0v) is 25.4. The molecule has 0 radical (unpaired) electrons. The van der Waals surface area contributed by atoms with Crippen molar-refractivity contribution in [3.05, 3.63) is 126 Å². The van der Waals surface area contributed by atoms with E-state index >= 15 is 0 Å². The van der Waals surface area contributed by atoms with Gasteiger partial charge in [0, 0.05) is 5.56 Å². The summed E-state index contributed by atoms with van der Waals surface area (Å²) in [6.07, 6.45) is -0.358. The van der Waals surface area contributed by atoms with Crippen LogP contribution in [0.25, 0.3) is 5.57 Å². The monoisotopic (exact) mass is 593 g/mol. The number of carbonyl (C=O) groups is 2. The molecule has 8 nitrogen and oxygen atoms in total. The number of thiazole rings is 1. The zero-order chi connectivity index (χ0) is 30.4. The first kappa shape index (κ1) is 28.4. The number of amides is 1. The number of hydrogen-bond acceptors (Lipinski definition) is 7. The van der Waals surface area contributed by atoms with Crippen molar-refractivity contribution in [2.75, 3.05) is 12.0 Å². The summed E-state index contributed by atoms with van der Waals surface area (Å²) in [5.41, 5.74) is 4.96. The summed E-state index contributed by atoms with van der Waals surface area (Å²) in [5.74, 6) is -0.142. The van der Waals surface area contributed by atoms with E-state index in [1.165, 1.54) is 4.57 Å². The minimum atomic E-state index is -0.793. The van der Waals surface area contributed by atoms with Gasteiger partial charge in [0.2, 0.25) is 0 Å². The molecule has 0 spiro atoms. The largest absolute Gasteiger partial charge is 0.497 e. The van der Waals surface area contributed by atoms with Crippen LogP contribution in [0.2, 0.25) is 0 Å². The molecular weight excluding hydrogens is 562 g/mol. The Morgan fingerprint density at radius 3 is 2.35 bits per heavy atom. The molecular formula is C34H31N3O5S. The number of fused-ring (bicyclic) bond motifs is 2. The van der Waals surface area contributed by atoms with Crippen LogP contribution >= 0.6 is 11.3 Å². The molecule has 2 aliphatic heterocycles. The van der Waals surface area contributed by atoms with Crippen LogP contribution < -0.4 is 24.5 Å². The molecule has 0 N–H and O–H groups in total. The van der Waals surface area contributed by atoms with Crippen molar-refractivity contribution in [3.8, 4) is 5.75 Å². The summed E-state index contributed by atoms with van der Waals surface area (Å²) < 4.78 is 12.7. The molecule has 2 aliphatic rings. The Hall–Kier alpha value is -4.76. The lowest BCUT2D eigenvalue weighted by Crippen LogP contribution is -2.41. The number of esters is 1. The number of para-hydroxylation sites is 1. The maximum atomic E-state index is 14.4. The number of carbonyl (C=O) groups excluding carboxylic acids is 2. The quantitative estimate of drug-likeness (QED) is 0.309. The van der Waals surface area contributed by atoms with Crippen molar-refractivity contribution in [1.82, 2.24) is 4.57 Å². The fourth-order valence-corrected chi connectivity index (χ4v) is 6.68. The Morgan fingerprint density at radius 2 is 1.67 bits per heavy atom. The molecule has 0 saturated heterocycles. The van der Waals surface area contributed by atoms with Gasteiger partial charge < -0.3 is 14.4 Å². The highest BCUT2D eigenvalue weighted by Gasteiger charge is 2.37. The second kappa shape index (κ2) is 11.1. The number of nitrogens with zero attached hydrogens (tertiary/aromatic N) is 3. The fourth-order valence-electron chi connectivity index (χ4n) is 5.54. The fraction of sp³-hybridized carbons (Fsp3) is 0.235. The standard InChI is InChI=1S/C34H31N3O5S/c1-19(2)42-33(40)27-21(4)35-34-37(29(27)23-14-16-24(41-5)17-15-23)32(39)30(43-34)28-25-8-6-7-9-26(25)36(31(28)38)18-22-12-10-20(3)11-13-22/h6-17,19,29H,18H2,1-5H3/b30-28-. The number of rotatable bonds is 6. The Bertz CT molecular complexity index is 1970. The molecule has 4 aromatic rings. The third-order valence-corrected chi connectivity index (χ3v) is 8.66. The van der Waals surface area contributed by atoms with Gasteiger partial charge in [0.05, 0.1) is 48.3 Å². The first-order valence-corrected chi connectivity index (χ1v) is 14.9. The number of anilines is 1. The average Bonchev–Trinajstić information content (AvgIpc) is 3.45. The highest BCUT2D eigenvalue weighted by atomic mass is 32.1. The molecule has 0 bridgehead atoms. The summed E-state index contributed by atoms with van der Waals surface area (Å²) in [5, 5.41) is 0. The van der Waals surface area contributed by atoms with E-state index in [9.17, 15) is 14.4 Å². The van der Waals surface area contributed by atoms with Crippen molar-refractivity contribution in [3.63, 3.8) is 0 Å². The van der Waals surface area contributed by atoms with Crippen LogP contribution in [0.4, 0.5) is 5.69 Å². The summed E-state index contributed by atoms with van der Waals surface area (Å²) in [4.78, 5) is 48.7. The number of benzene rings is 3. The van der Waals surface area contributed by atoms with Crippen LogP contribution in [0, 0.1) is 6.92 Å². The van der Waals surface area contributed by atoms with E-state index in [0.29, 0.717) is 39.5 Å². The molecule has 1 amide bonds. The second-order valence-electron chi connectivity index (χ2n) is 10.9. The van der Waals surface area contributed by atoms with Gasteiger partial charge in [0.15, 0.2) is 4.80 Å². The molecule has 1 atom stereocenters. The van der Waals surface area contributed by atoms with E-state index in [-0.39, 0.29) is 27.7 Å². The number of ether oxygens (including phenoxy) is 2. The van der Waals surface area contributed by atoms with Gasteiger partial charge in [-0.1, -0.05) is 71.5 Å². The SMILES string of the molecule is COc1ccc(C2C(C(=O)OC(C)C)=C(C)N=c3s/c(=C4\C(=O)N(Cc5ccc(C)cc5)c5ccccc54)c(=O)n32)cc1. The van der Waals surface area contributed by atoms with E-state index < -0.39 is 12.0 Å². The number of aryl methyl sites for hydroxylation is 1. The number of methoxy groups -OCH3 is 1. The number of hydrogen-bond donors (Lipinski definition) is 0. The zero-order valence-electron chi connectivity index (χ0n) is 24.6. The molecule has 1 aromatic heterocycles. The number of allylic oxidation sites excluding steroid dienone is 1. The van der Waals surface area contributed by atoms with Crippen molar-refractivity contribution in [2.24, 2.45) is 4.99 Å². The third-order valence-electron chi connectivity index (χ3n) is 7.60. The minimum Gasteiger partial charge on any atom is -0.497 e. The third kappa shape index (κ3) is 4.99. The first-order chi connectivity index (χ1) is 20.7. The summed E-state index contributed by atoms with van der Waals surface area (Å²) in [6.45, 7) is 7.69. The van der Waals surface area contributed by atoms with Crippen LogP contribution in [-0.2, 0) is 20.9 Å². The normalized spacial score (nSPS) is 17.1. The van der Waals surface area contributed by atoms with Gasteiger partial charge in [0.1, 0.15) is 10.3 Å². The maximum absolute atomic E-state index is 14.4. The van der Waals surface area contributed by atoms with Gasteiger partial charge in [-0.05, 0) is 57.0 Å². The summed E-state index contributed by atoms with van der Waals surface area (Å²) >= 11 is 1.16. The summed E-state index contributed by atoms with van der Waals surface area (Å²) in [6, 6.07) is 22.0. The van der Waals surface area contributed by atoms with E-state index in [1.54, 1.807) is 44.9 Å². The maximum Gasteiger partial charge on any atom is 0.338 e. The highest BCUT2D eigenvalue weighted by Crippen LogP contribution is 2.37. The van der Waals surface area contributed by atoms with Crippen molar-refractivity contribution in [2.45, 2.75) is 46.4 Å². The molecule has 0 aliphatic carbocycles. The predicted molar refractivity (Wildman–Crippen MR) is 166 cm³/mol. The lowest BCUT2D eigenvalue weighted by molar-refractivity contribution is -0.143. The van der Waals surface area contributed by atoms with Crippen LogP contribution in [0.15, 0.2) is 93.9 Å². The van der Waals surface area contributed by atoms with Crippen LogP contribution in [0.5, 0.6) is 5.75 Å². The molecule has 6 rings (SSSR count). The van der Waals surface area contributed by atoms with Crippen molar-refractivity contribution < 1.29 is 19.1 Å². The Balaban J connectivity index is 1.55. The van der Waals surface area contributed by atoms with Crippen LogP contribution in [0.1, 0.15) is 49.1 Å². The average molecular weight is 594 g/mol. The van der Waals surface area contributed by atoms with Gasteiger partial charge in [-0.15, -0.1) is 0 Å². The van der Waals surface area contributed by atoms with Gasteiger partial charge in [-0.2, -0.15) is 0 Å². The first-order valence-electron chi connectivity index (χ1n) is 14.0. The molecule has 0 saturated carbocycles. The molecule has 3 heterocycles. The molecule has 1 unspecified atom stereocenters. The van der Waals surface area contributed by atoms with E-state index in [4.69, 9.17) is 14.5 Å². The molecule has 218 valence electrons. The summed E-state index contributed by atoms with van der Waals surface area (Å²) in [7, 11) is 1.58. The van der Waals surface area contributed by atoms with Gasteiger partial charge in [-0.3, -0.25) is 14.2 Å². The molecule has 9 heteroatoms. The minimum absolute atomic E-state index is 0.247. The predicted octanol–water partition coefficient (Wildman–Crippen LogP) is 4.42. The Labute approximate surface area is 252 Å². The number of aromatic nitrogens is 1. The Morgan fingerprint density at radius 1 is 0.977 bits per heavy atom. The topological polar surface area (TPSA) is 90.2 Å². The lowest BCUT2D eigenvalue weighted by atomic mass is 9.95. The van der Waals surface area contributed by atoms with E-state index in [1.807, 2.05) is 67.6 Å². The smallest absolute Gasteiger partial charge is 0.338 e. The molecule has 3 aromatic carbocycles. The van der Waals surface area contributed by atoms with Crippen LogP contribution in [0.3, 0.4) is 0 Å². The highest BCUT2D eigenvalue weighted by molar-refractivity contribution is 7.07. The van der Waals surface area contributed by atoms with Gasteiger partial charge in [-0.25, -0.2) is 9.79 Å².